The standard InChI is InChI=1S/C15H18ClNO3/c1-10(18)5-6-17(2)15(19)12-7-11-8-13(16)3-4-14(11)20-9-12/h3-4,7-8,10,18H,5-6,9H2,1-2H3. The van der Waals surface area contributed by atoms with Gasteiger partial charge >= 0.3 is 0 Å². The first-order valence-electron chi connectivity index (χ1n) is 6.54. The van der Waals surface area contributed by atoms with Crippen LogP contribution in [0.2, 0.25) is 5.02 Å². The van der Waals surface area contributed by atoms with Crippen LogP contribution in [-0.2, 0) is 4.79 Å². The van der Waals surface area contributed by atoms with Gasteiger partial charge in [-0.1, -0.05) is 11.6 Å². The highest BCUT2D eigenvalue weighted by Gasteiger charge is 2.20. The van der Waals surface area contributed by atoms with Crippen molar-refractivity contribution in [3.8, 4) is 5.75 Å². The van der Waals surface area contributed by atoms with E-state index in [2.05, 4.69) is 0 Å². The summed E-state index contributed by atoms with van der Waals surface area (Å²) in [5, 5.41) is 9.87. The molecule has 2 rings (SSSR count). The number of hydrogen-bond donors (Lipinski definition) is 1. The molecule has 1 atom stereocenters. The average Bonchev–Trinajstić information content (AvgIpc) is 2.43. The fourth-order valence-corrected chi connectivity index (χ4v) is 2.18. The number of ether oxygens (including phenoxy) is 1. The van der Waals surface area contributed by atoms with Gasteiger partial charge in [-0.2, -0.15) is 0 Å². The van der Waals surface area contributed by atoms with Crippen molar-refractivity contribution in [2.75, 3.05) is 20.2 Å². The molecule has 0 bridgehead atoms. The molecule has 20 heavy (non-hydrogen) atoms. The number of likely N-dealkylation sites (N-methyl/N-ethyl adjacent to an activating group) is 1. The molecule has 0 fully saturated rings. The number of carbonyl (C=O) groups is 1. The Labute approximate surface area is 123 Å². The first-order chi connectivity index (χ1) is 9.47. The number of carbonyl (C=O) groups excluding carboxylic acids is 1. The third kappa shape index (κ3) is 3.52. The molecule has 1 N–H and O–H groups in total. The van der Waals surface area contributed by atoms with Crippen molar-refractivity contribution in [1.29, 1.82) is 0 Å². The molecule has 108 valence electrons. The lowest BCUT2D eigenvalue weighted by molar-refractivity contribution is -0.126. The molecule has 0 aliphatic carbocycles. The minimum Gasteiger partial charge on any atom is -0.488 e. The van der Waals surface area contributed by atoms with Crippen LogP contribution in [-0.4, -0.2) is 42.2 Å². The smallest absolute Gasteiger partial charge is 0.252 e. The summed E-state index contributed by atoms with van der Waals surface area (Å²) in [5.41, 5.74) is 1.41. The predicted octanol–water partition coefficient (Wildman–Crippen LogP) is 2.35. The van der Waals surface area contributed by atoms with E-state index in [1.54, 1.807) is 37.1 Å². The average molecular weight is 296 g/mol. The van der Waals surface area contributed by atoms with E-state index in [4.69, 9.17) is 16.3 Å². The van der Waals surface area contributed by atoms with Gasteiger partial charge in [-0.3, -0.25) is 4.79 Å². The van der Waals surface area contributed by atoms with E-state index < -0.39 is 6.10 Å². The van der Waals surface area contributed by atoms with Crippen LogP contribution in [0.5, 0.6) is 5.75 Å². The minimum absolute atomic E-state index is 0.0868. The maximum atomic E-state index is 12.3. The first kappa shape index (κ1) is 14.9. The molecule has 1 aliphatic heterocycles. The number of fused-ring (bicyclic) bond motifs is 1. The molecule has 0 spiro atoms. The van der Waals surface area contributed by atoms with Gasteiger partial charge in [0.1, 0.15) is 12.4 Å². The molecule has 1 unspecified atom stereocenters. The monoisotopic (exact) mass is 295 g/mol. The third-order valence-electron chi connectivity index (χ3n) is 3.19. The van der Waals surface area contributed by atoms with Crippen molar-refractivity contribution in [2.45, 2.75) is 19.4 Å². The maximum absolute atomic E-state index is 12.3. The Bertz CT molecular complexity index is 540. The quantitative estimate of drug-likeness (QED) is 0.927. The van der Waals surface area contributed by atoms with E-state index in [9.17, 15) is 9.90 Å². The van der Waals surface area contributed by atoms with E-state index in [-0.39, 0.29) is 12.5 Å². The zero-order chi connectivity index (χ0) is 14.7. The molecule has 1 amide bonds. The number of nitrogens with zero attached hydrogens (tertiary/aromatic N) is 1. The molecule has 1 aromatic carbocycles. The lowest BCUT2D eigenvalue weighted by Gasteiger charge is -2.23. The molecule has 0 radical (unpaired) electrons. The molecule has 1 aromatic rings. The van der Waals surface area contributed by atoms with Gasteiger partial charge in [0.15, 0.2) is 0 Å². The number of halogens is 1. The van der Waals surface area contributed by atoms with Gasteiger partial charge in [-0.25, -0.2) is 0 Å². The summed E-state index contributed by atoms with van der Waals surface area (Å²) in [4.78, 5) is 13.9. The molecular formula is C15H18ClNO3. The van der Waals surface area contributed by atoms with Crippen LogP contribution in [0, 0.1) is 0 Å². The molecule has 0 saturated carbocycles. The number of aliphatic hydroxyl groups excluding tert-OH is 1. The van der Waals surface area contributed by atoms with Crippen LogP contribution in [0.15, 0.2) is 23.8 Å². The molecule has 1 aliphatic rings. The molecular weight excluding hydrogens is 278 g/mol. The van der Waals surface area contributed by atoms with Crippen molar-refractivity contribution < 1.29 is 14.6 Å². The van der Waals surface area contributed by atoms with E-state index in [1.807, 2.05) is 6.08 Å². The molecule has 0 aromatic heterocycles. The van der Waals surface area contributed by atoms with E-state index in [0.29, 0.717) is 23.6 Å². The van der Waals surface area contributed by atoms with Crippen LogP contribution in [0.4, 0.5) is 0 Å². The Morgan fingerprint density at radius 1 is 1.55 bits per heavy atom. The van der Waals surface area contributed by atoms with Gasteiger partial charge in [-0.05, 0) is 37.6 Å². The van der Waals surface area contributed by atoms with Crippen molar-refractivity contribution in [3.05, 3.63) is 34.4 Å². The van der Waals surface area contributed by atoms with Crippen LogP contribution in [0.25, 0.3) is 6.08 Å². The fourth-order valence-electron chi connectivity index (χ4n) is 2.00. The van der Waals surface area contributed by atoms with Crippen LogP contribution in [0.3, 0.4) is 0 Å². The van der Waals surface area contributed by atoms with Gasteiger partial charge in [0.2, 0.25) is 0 Å². The largest absolute Gasteiger partial charge is 0.488 e. The van der Waals surface area contributed by atoms with Crippen molar-refractivity contribution in [3.63, 3.8) is 0 Å². The third-order valence-corrected chi connectivity index (χ3v) is 3.42. The number of benzene rings is 1. The highest BCUT2D eigenvalue weighted by Crippen LogP contribution is 2.29. The SMILES string of the molecule is CC(O)CCN(C)C(=O)C1=Cc2cc(Cl)ccc2OC1. The summed E-state index contributed by atoms with van der Waals surface area (Å²) >= 11 is 5.94. The zero-order valence-corrected chi connectivity index (χ0v) is 12.4. The maximum Gasteiger partial charge on any atom is 0.252 e. The molecule has 0 saturated heterocycles. The highest BCUT2D eigenvalue weighted by atomic mass is 35.5. The molecule has 1 heterocycles. The number of hydrogen-bond acceptors (Lipinski definition) is 3. The Morgan fingerprint density at radius 2 is 2.30 bits per heavy atom. The summed E-state index contributed by atoms with van der Waals surface area (Å²) in [6, 6.07) is 5.33. The Kier molecular flexibility index (Phi) is 4.68. The highest BCUT2D eigenvalue weighted by molar-refractivity contribution is 6.30. The second-order valence-corrected chi connectivity index (χ2v) is 5.44. The molecule has 5 heteroatoms. The van der Waals surface area contributed by atoms with Crippen LogP contribution in [0.1, 0.15) is 18.9 Å². The van der Waals surface area contributed by atoms with Gasteiger partial charge in [0, 0.05) is 24.2 Å². The number of rotatable bonds is 4. The van der Waals surface area contributed by atoms with Gasteiger partial charge in [-0.15, -0.1) is 0 Å². The van der Waals surface area contributed by atoms with Crippen LogP contribution >= 0.6 is 11.6 Å². The number of aliphatic hydroxyl groups is 1. The fraction of sp³-hybridized carbons (Fsp3) is 0.400. The van der Waals surface area contributed by atoms with Gasteiger partial charge in [0.25, 0.3) is 5.91 Å². The summed E-state index contributed by atoms with van der Waals surface area (Å²) < 4.78 is 5.56. The Balaban J connectivity index is 2.11. The minimum atomic E-state index is -0.415. The Morgan fingerprint density at radius 3 is 3.00 bits per heavy atom. The van der Waals surface area contributed by atoms with Gasteiger partial charge < -0.3 is 14.7 Å². The van der Waals surface area contributed by atoms with Gasteiger partial charge in [0.05, 0.1) is 11.7 Å². The zero-order valence-electron chi connectivity index (χ0n) is 11.6. The summed E-state index contributed by atoms with van der Waals surface area (Å²) in [6.45, 7) is 2.47. The van der Waals surface area contributed by atoms with E-state index >= 15 is 0 Å². The summed E-state index contributed by atoms with van der Waals surface area (Å²) in [7, 11) is 1.72. The second kappa shape index (κ2) is 6.29. The lowest BCUT2D eigenvalue weighted by atomic mass is 10.1. The second-order valence-electron chi connectivity index (χ2n) is 5.00. The van der Waals surface area contributed by atoms with Crippen LogP contribution < -0.4 is 4.74 Å². The van der Waals surface area contributed by atoms with E-state index in [0.717, 1.165) is 11.3 Å². The lowest BCUT2D eigenvalue weighted by Crippen LogP contribution is -2.32. The van der Waals surface area contributed by atoms with Crippen molar-refractivity contribution in [2.24, 2.45) is 0 Å². The van der Waals surface area contributed by atoms with E-state index in [1.165, 1.54) is 0 Å². The normalized spacial score (nSPS) is 14.9. The Hall–Kier alpha value is -1.52. The number of amides is 1. The molecule has 4 nitrogen and oxygen atoms in total. The topological polar surface area (TPSA) is 49.8 Å². The first-order valence-corrected chi connectivity index (χ1v) is 6.91. The summed E-state index contributed by atoms with van der Waals surface area (Å²) in [6.07, 6.45) is 1.95. The predicted molar refractivity (Wildman–Crippen MR) is 78.9 cm³/mol. The van der Waals surface area contributed by atoms with Crippen molar-refractivity contribution >= 4 is 23.6 Å². The summed E-state index contributed by atoms with van der Waals surface area (Å²) in [5.74, 6) is 0.647. The van der Waals surface area contributed by atoms with Crippen molar-refractivity contribution in [1.82, 2.24) is 4.90 Å².